The molecule has 2 N–H and O–H groups in total. The number of amides is 2. The van der Waals surface area contributed by atoms with Crippen LogP contribution in [0, 0.1) is 10.1 Å². The molecule has 0 saturated heterocycles. The van der Waals surface area contributed by atoms with Crippen LogP contribution in [0.25, 0.3) is 0 Å². The maximum Gasteiger partial charge on any atom is 0.270 e. The number of nitrogens with one attached hydrogen (secondary N) is 2. The molecule has 140 valence electrons. The first-order valence-electron chi connectivity index (χ1n) is 8.01. The van der Waals surface area contributed by atoms with Crippen LogP contribution in [-0.2, 0) is 0 Å². The van der Waals surface area contributed by atoms with Gasteiger partial charge < -0.3 is 10.6 Å². The lowest BCUT2D eigenvalue weighted by Gasteiger charge is -2.12. The quantitative estimate of drug-likeness (QED) is 0.496. The van der Waals surface area contributed by atoms with E-state index in [1.165, 1.54) is 12.1 Å². The summed E-state index contributed by atoms with van der Waals surface area (Å²) in [5, 5.41) is 16.1. The highest BCUT2D eigenvalue weighted by atomic mass is 35.5. The van der Waals surface area contributed by atoms with Gasteiger partial charge in [0.15, 0.2) is 0 Å². The minimum atomic E-state index is -0.605. The van der Waals surface area contributed by atoms with Crippen LogP contribution in [0.15, 0.2) is 67.0 Å². The Hall–Kier alpha value is -3.78. The van der Waals surface area contributed by atoms with Crippen LogP contribution in [0.5, 0.6) is 0 Å². The molecule has 0 fully saturated rings. The van der Waals surface area contributed by atoms with Gasteiger partial charge in [-0.1, -0.05) is 23.7 Å². The molecule has 0 atom stereocenters. The Balaban J connectivity index is 1.82. The first kappa shape index (κ1) is 19.0. The molecule has 1 aromatic heterocycles. The van der Waals surface area contributed by atoms with Crippen LogP contribution < -0.4 is 10.6 Å². The molecule has 0 bridgehead atoms. The molecule has 9 heteroatoms. The topological polar surface area (TPSA) is 114 Å². The molecular formula is C19H13ClN4O4. The van der Waals surface area contributed by atoms with Gasteiger partial charge in [0.25, 0.3) is 17.5 Å². The van der Waals surface area contributed by atoms with Crippen molar-refractivity contribution in [2.45, 2.75) is 0 Å². The van der Waals surface area contributed by atoms with Crippen molar-refractivity contribution in [3.63, 3.8) is 0 Å². The molecule has 28 heavy (non-hydrogen) atoms. The lowest BCUT2D eigenvalue weighted by molar-refractivity contribution is -0.384. The number of non-ortho nitro benzene ring substituents is 1. The fraction of sp³-hybridized carbons (Fsp3) is 0. The van der Waals surface area contributed by atoms with Crippen molar-refractivity contribution in [1.82, 2.24) is 4.98 Å². The van der Waals surface area contributed by atoms with Crippen molar-refractivity contribution < 1.29 is 14.5 Å². The largest absolute Gasteiger partial charge is 0.322 e. The summed E-state index contributed by atoms with van der Waals surface area (Å²) in [6, 6.07) is 13.3. The molecule has 1 heterocycles. The van der Waals surface area contributed by atoms with Gasteiger partial charge in [-0.05, 0) is 30.3 Å². The molecule has 0 spiro atoms. The summed E-state index contributed by atoms with van der Waals surface area (Å²) in [6.45, 7) is 0. The first-order chi connectivity index (χ1) is 13.5. The zero-order chi connectivity index (χ0) is 20.1. The summed E-state index contributed by atoms with van der Waals surface area (Å²) >= 11 is 5.99. The van der Waals surface area contributed by atoms with E-state index in [9.17, 15) is 19.7 Å². The molecule has 0 aliphatic carbocycles. The predicted molar refractivity (Wildman–Crippen MR) is 105 cm³/mol. The van der Waals surface area contributed by atoms with E-state index in [1.54, 1.807) is 48.8 Å². The van der Waals surface area contributed by atoms with Gasteiger partial charge in [0, 0.05) is 30.2 Å². The monoisotopic (exact) mass is 396 g/mol. The average molecular weight is 397 g/mol. The van der Waals surface area contributed by atoms with Crippen LogP contribution in [0.3, 0.4) is 0 Å². The third-order valence-corrected chi connectivity index (χ3v) is 4.08. The minimum Gasteiger partial charge on any atom is -0.322 e. The number of carbonyl (C=O) groups is 2. The molecule has 3 aromatic rings. The summed E-state index contributed by atoms with van der Waals surface area (Å²) < 4.78 is 0. The number of rotatable bonds is 5. The van der Waals surface area contributed by atoms with E-state index < -0.39 is 16.7 Å². The zero-order valence-electron chi connectivity index (χ0n) is 14.3. The van der Waals surface area contributed by atoms with Crippen molar-refractivity contribution >= 4 is 40.5 Å². The summed E-state index contributed by atoms with van der Waals surface area (Å²) in [6.07, 6.45) is 3.08. The second-order valence-electron chi connectivity index (χ2n) is 5.61. The molecule has 2 aromatic carbocycles. The predicted octanol–water partition coefficient (Wildman–Crippen LogP) is 4.15. The van der Waals surface area contributed by atoms with Crippen LogP contribution in [0.4, 0.5) is 17.1 Å². The van der Waals surface area contributed by atoms with E-state index >= 15 is 0 Å². The standard InChI is InChI=1S/C19H13ClN4O4/c20-16-11-13(24(27)28)5-6-14(16)18(25)23-17-4-2-1-3-15(17)19(26)22-12-7-9-21-10-8-12/h1-11H,(H,23,25)(H,21,22,26). The fourth-order valence-electron chi connectivity index (χ4n) is 2.42. The number of aromatic nitrogens is 1. The summed E-state index contributed by atoms with van der Waals surface area (Å²) in [4.78, 5) is 39.2. The highest BCUT2D eigenvalue weighted by Gasteiger charge is 2.18. The second-order valence-corrected chi connectivity index (χ2v) is 6.02. The van der Waals surface area contributed by atoms with E-state index in [0.717, 1.165) is 6.07 Å². The van der Waals surface area contributed by atoms with Gasteiger partial charge in [0.1, 0.15) is 0 Å². The molecule has 0 saturated carbocycles. The Morgan fingerprint density at radius 2 is 1.61 bits per heavy atom. The SMILES string of the molecule is O=C(Nc1ccccc1C(=O)Nc1ccncc1)c1ccc([N+](=O)[O-])cc1Cl. The van der Waals surface area contributed by atoms with Crippen molar-refractivity contribution in [2.24, 2.45) is 0 Å². The number of nitrogens with zero attached hydrogens (tertiary/aromatic N) is 2. The number of hydrogen-bond acceptors (Lipinski definition) is 5. The summed E-state index contributed by atoms with van der Waals surface area (Å²) in [5.74, 6) is -1.01. The number of nitro groups is 1. The Bertz CT molecular complexity index is 1060. The average Bonchev–Trinajstić information content (AvgIpc) is 2.68. The Kier molecular flexibility index (Phi) is 5.61. The number of nitro benzene ring substituents is 1. The Morgan fingerprint density at radius 1 is 0.929 bits per heavy atom. The lowest BCUT2D eigenvalue weighted by Crippen LogP contribution is -2.18. The number of para-hydroxylation sites is 1. The Labute approximate surface area is 164 Å². The lowest BCUT2D eigenvalue weighted by atomic mass is 10.1. The highest BCUT2D eigenvalue weighted by Crippen LogP contribution is 2.24. The number of benzene rings is 2. The van der Waals surface area contributed by atoms with Crippen LogP contribution in [0.2, 0.25) is 5.02 Å². The van der Waals surface area contributed by atoms with E-state index in [1.807, 2.05) is 0 Å². The van der Waals surface area contributed by atoms with Crippen molar-refractivity contribution in [3.8, 4) is 0 Å². The molecular weight excluding hydrogens is 384 g/mol. The number of pyridine rings is 1. The third-order valence-electron chi connectivity index (χ3n) is 3.77. The second kappa shape index (κ2) is 8.28. The van der Waals surface area contributed by atoms with Crippen molar-refractivity contribution in [3.05, 3.63) is 93.3 Å². The zero-order valence-corrected chi connectivity index (χ0v) is 15.0. The highest BCUT2D eigenvalue weighted by molar-refractivity contribution is 6.34. The van der Waals surface area contributed by atoms with Gasteiger partial charge in [0.2, 0.25) is 0 Å². The van der Waals surface area contributed by atoms with Gasteiger partial charge in [-0.15, -0.1) is 0 Å². The molecule has 0 radical (unpaired) electrons. The summed E-state index contributed by atoms with van der Waals surface area (Å²) in [7, 11) is 0. The van der Waals surface area contributed by atoms with E-state index in [0.29, 0.717) is 5.69 Å². The van der Waals surface area contributed by atoms with E-state index in [2.05, 4.69) is 15.6 Å². The molecule has 0 aliphatic rings. The molecule has 3 rings (SSSR count). The van der Waals surface area contributed by atoms with Crippen molar-refractivity contribution in [1.29, 1.82) is 0 Å². The number of anilines is 2. The van der Waals surface area contributed by atoms with Crippen LogP contribution in [0.1, 0.15) is 20.7 Å². The molecule has 2 amide bonds. The molecule has 8 nitrogen and oxygen atoms in total. The van der Waals surface area contributed by atoms with Gasteiger partial charge in [-0.3, -0.25) is 24.7 Å². The van der Waals surface area contributed by atoms with Gasteiger partial charge in [-0.25, -0.2) is 0 Å². The van der Waals surface area contributed by atoms with Crippen LogP contribution in [-0.4, -0.2) is 21.7 Å². The normalized spacial score (nSPS) is 10.2. The van der Waals surface area contributed by atoms with Crippen LogP contribution >= 0.6 is 11.6 Å². The van der Waals surface area contributed by atoms with E-state index in [4.69, 9.17) is 11.6 Å². The Morgan fingerprint density at radius 3 is 2.29 bits per heavy atom. The van der Waals surface area contributed by atoms with E-state index in [-0.39, 0.29) is 27.5 Å². The first-order valence-corrected chi connectivity index (χ1v) is 8.39. The van der Waals surface area contributed by atoms with Gasteiger partial charge in [0.05, 0.1) is 26.8 Å². The van der Waals surface area contributed by atoms with Crippen molar-refractivity contribution in [2.75, 3.05) is 10.6 Å². The summed E-state index contributed by atoms with van der Waals surface area (Å²) in [5.41, 5.74) is 0.897. The smallest absolute Gasteiger partial charge is 0.270 e. The molecule has 0 aliphatic heterocycles. The third kappa shape index (κ3) is 4.30. The maximum absolute atomic E-state index is 12.6. The number of hydrogen-bond donors (Lipinski definition) is 2. The van der Waals surface area contributed by atoms with Gasteiger partial charge >= 0.3 is 0 Å². The molecule has 0 unspecified atom stereocenters. The minimum absolute atomic E-state index is 0.0524. The number of carbonyl (C=O) groups excluding carboxylic acids is 2. The fourth-order valence-corrected chi connectivity index (χ4v) is 2.68. The maximum atomic E-state index is 12.6. The van der Waals surface area contributed by atoms with Gasteiger partial charge in [-0.2, -0.15) is 0 Å². The number of halogens is 1.